The topological polar surface area (TPSA) is 17.1 Å². The minimum atomic E-state index is -1.67. The molecule has 0 radical (unpaired) electrons. The van der Waals surface area contributed by atoms with Crippen LogP contribution in [0.2, 0.25) is 0 Å². The number of rotatable bonds is 1. The summed E-state index contributed by atoms with van der Waals surface area (Å²) in [6.45, 7) is 3.80. The lowest BCUT2D eigenvalue weighted by Gasteiger charge is -2.28. The van der Waals surface area contributed by atoms with Gasteiger partial charge in [-0.15, -0.1) is 0 Å². The van der Waals surface area contributed by atoms with E-state index in [9.17, 15) is 4.57 Å². The summed E-state index contributed by atoms with van der Waals surface area (Å²) in [5, 5.41) is 0. The molecule has 0 atom stereocenters. The number of hydrogen-bond acceptors (Lipinski definition) is 1. The van der Waals surface area contributed by atoms with Crippen molar-refractivity contribution in [3.05, 3.63) is 0 Å². The summed E-state index contributed by atoms with van der Waals surface area (Å²) >= 11 is 0. The van der Waals surface area contributed by atoms with Crippen LogP contribution in [0.4, 0.5) is 0 Å². The molecule has 0 N–H and O–H groups in total. The molecular weight excluding hydrogens is 119 g/mol. The molecule has 0 aromatic rings. The van der Waals surface area contributed by atoms with Gasteiger partial charge in [-0.05, 0) is 26.2 Å². The third-order valence-corrected chi connectivity index (χ3v) is 4.23. The Morgan fingerprint density at radius 1 is 1.38 bits per heavy atom. The zero-order valence-electron chi connectivity index (χ0n) is 5.55. The van der Waals surface area contributed by atoms with Crippen molar-refractivity contribution in [1.82, 2.24) is 0 Å². The highest BCUT2D eigenvalue weighted by Gasteiger charge is 2.28. The van der Waals surface area contributed by atoms with Crippen molar-refractivity contribution in [2.45, 2.75) is 24.9 Å². The fourth-order valence-electron chi connectivity index (χ4n) is 1.01. The fourth-order valence-corrected chi connectivity index (χ4v) is 2.62. The highest BCUT2D eigenvalue weighted by Crippen LogP contribution is 2.51. The maximum absolute atomic E-state index is 11.2. The van der Waals surface area contributed by atoms with E-state index < -0.39 is 7.14 Å². The summed E-state index contributed by atoms with van der Waals surface area (Å²) in [6.07, 6.45) is 3.73. The molecule has 0 aromatic carbocycles. The molecule has 1 nitrogen and oxygen atoms in total. The molecule has 0 unspecified atom stereocenters. The van der Waals surface area contributed by atoms with E-state index in [1.807, 2.05) is 13.3 Å². The van der Waals surface area contributed by atoms with Crippen LogP contribution in [0.15, 0.2) is 0 Å². The average molecular weight is 132 g/mol. The Balaban J connectivity index is 2.46. The zero-order valence-corrected chi connectivity index (χ0v) is 6.45. The van der Waals surface area contributed by atoms with Crippen LogP contribution in [-0.2, 0) is 4.57 Å². The van der Waals surface area contributed by atoms with Gasteiger partial charge in [0.15, 0.2) is 0 Å². The van der Waals surface area contributed by atoms with Gasteiger partial charge in [0, 0.05) is 5.66 Å². The Morgan fingerprint density at radius 3 is 1.88 bits per heavy atom. The first-order valence-electron chi connectivity index (χ1n) is 3.15. The molecule has 1 saturated carbocycles. The Hall–Kier alpha value is 0.230. The molecule has 0 saturated heterocycles. The lowest BCUT2D eigenvalue weighted by Crippen LogP contribution is -2.16. The van der Waals surface area contributed by atoms with Gasteiger partial charge in [-0.3, -0.25) is 0 Å². The van der Waals surface area contributed by atoms with Crippen molar-refractivity contribution < 1.29 is 4.57 Å². The minimum absolute atomic E-state index is 0.586. The first-order chi connectivity index (χ1) is 3.61. The molecule has 48 valence electrons. The average Bonchev–Trinajstić information content (AvgIpc) is 1.16. The zero-order chi connectivity index (χ0) is 6.20. The molecule has 0 amide bonds. The largest absolute Gasteiger partial charge is 0.324 e. The fraction of sp³-hybridized carbons (Fsp3) is 1.00. The Kier molecular flexibility index (Phi) is 1.49. The van der Waals surface area contributed by atoms with E-state index in [0.29, 0.717) is 5.66 Å². The van der Waals surface area contributed by atoms with Gasteiger partial charge < -0.3 is 4.57 Å². The van der Waals surface area contributed by atoms with E-state index in [2.05, 4.69) is 0 Å². The molecule has 1 fully saturated rings. The third kappa shape index (κ3) is 1.14. The smallest absolute Gasteiger partial charge is 0.0848 e. The molecule has 1 aliphatic carbocycles. The van der Waals surface area contributed by atoms with Gasteiger partial charge in [-0.2, -0.15) is 0 Å². The quantitative estimate of drug-likeness (QED) is 0.499. The molecule has 1 aliphatic rings. The first-order valence-corrected chi connectivity index (χ1v) is 5.82. The second-order valence-corrected chi connectivity index (χ2v) is 6.62. The third-order valence-electron chi connectivity index (χ3n) is 1.95. The molecule has 0 spiro atoms. The predicted molar refractivity (Wildman–Crippen MR) is 37.1 cm³/mol. The summed E-state index contributed by atoms with van der Waals surface area (Å²) in [6, 6.07) is 0. The maximum atomic E-state index is 11.2. The van der Waals surface area contributed by atoms with Crippen LogP contribution in [0, 0.1) is 0 Å². The molecule has 0 aliphatic heterocycles. The van der Waals surface area contributed by atoms with Crippen molar-refractivity contribution in [2.75, 3.05) is 13.3 Å². The monoisotopic (exact) mass is 132 g/mol. The molecule has 0 heterocycles. The van der Waals surface area contributed by atoms with Gasteiger partial charge in [0.25, 0.3) is 0 Å². The molecule has 0 aromatic heterocycles. The first kappa shape index (κ1) is 6.35. The lowest BCUT2D eigenvalue weighted by atomic mass is 10.00. The summed E-state index contributed by atoms with van der Waals surface area (Å²) in [7, 11) is -1.67. The summed E-state index contributed by atoms with van der Waals surface area (Å²) in [4.78, 5) is 0. The summed E-state index contributed by atoms with van der Waals surface area (Å²) in [5.74, 6) is 0. The van der Waals surface area contributed by atoms with Crippen molar-refractivity contribution >= 4 is 7.14 Å². The Bertz CT molecular complexity index is 120. The van der Waals surface area contributed by atoms with E-state index in [4.69, 9.17) is 0 Å². The maximum Gasteiger partial charge on any atom is 0.0848 e. The summed E-state index contributed by atoms with van der Waals surface area (Å²) < 4.78 is 11.2. The van der Waals surface area contributed by atoms with E-state index >= 15 is 0 Å². The molecule has 8 heavy (non-hydrogen) atoms. The Morgan fingerprint density at radius 2 is 1.88 bits per heavy atom. The van der Waals surface area contributed by atoms with Crippen LogP contribution < -0.4 is 0 Å². The highest BCUT2D eigenvalue weighted by molar-refractivity contribution is 7.63. The Labute approximate surface area is 50.8 Å². The van der Waals surface area contributed by atoms with Crippen molar-refractivity contribution in [2.24, 2.45) is 0 Å². The second-order valence-electron chi connectivity index (χ2n) is 3.02. The van der Waals surface area contributed by atoms with Crippen LogP contribution >= 0.6 is 7.14 Å². The summed E-state index contributed by atoms with van der Waals surface area (Å²) in [5.41, 5.74) is 0.586. The van der Waals surface area contributed by atoms with Crippen LogP contribution in [0.5, 0.6) is 0 Å². The minimum Gasteiger partial charge on any atom is -0.324 e. The molecule has 1 rings (SSSR count). The highest BCUT2D eigenvalue weighted by atomic mass is 31.2. The number of hydrogen-bond donors (Lipinski definition) is 0. The van der Waals surface area contributed by atoms with E-state index in [1.54, 1.807) is 0 Å². The van der Waals surface area contributed by atoms with Crippen LogP contribution in [0.3, 0.4) is 0 Å². The normalized spacial score (nSPS) is 22.8. The van der Waals surface area contributed by atoms with Gasteiger partial charge in [-0.25, -0.2) is 0 Å². The lowest BCUT2D eigenvalue weighted by molar-refractivity contribution is 0.481. The standard InChI is InChI=1S/C6H13OP/c1-8(2,7)6-4-3-5-6/h6H,3-5H2,1-2H3. The van der Waals surface area contributed by atoms with E-state index in [1.165, 1.54) is 19.3 Å². The SMILES string of the molecule is CP(C)(=O)C1CCC1. The van der Waals surface area contributed by atoms with E-state index in [-0.39, 0.29) is 0 Å². The van der Waals surface area contributed by atoms with Gasteiger partial charge in [0.1, 0.15) is 0 Å². The van der Waals surface area contributed by atoms with Crippen LogP contribution in [0.25, 0.3) is 0 Å². The van der Waals surface area contributed by atoms with Gasteiger partial charge >= 0.3 is 0 Å². The van der Waals surface area contributed by atoms with Gasteiger partial charge in [0.05, 0.1) is 7.14 Å². The van der Waals surface area contributed by atoms with E-state index in [0.717, 1.165) is 0 Å². The van der Waals surface area contributed by atoms with Crippen molar-refractivity contribution in [1.29, 1.82) is 0 Å². The molecule has 0 bridgehead atoms. The van der Waals surface area contributed by atoms with Crippen LogP contribution in [-0.4, -0.2) is 19.0 Å². The van der Waals surface area contributed by atoms with Crippen molar-refractivity contribution in [3.8, 4) is 0 Å². The van der Waals surface area contributed by atoms with Crippen molar-refractivity contribution in [3.63, 3.8) is 0 Å². The predicted octanol–water partition coefficient (Wildman–Crippen LogP) is 2.16. The second kappa shape index (κ2) is 1.88. The van der Waals surface area contributed by atoms with Gasteiger partial charge in [-0.1, -0.05) is 6.42 Å². The molecule has 2 heteroatoms. The molecular formula is C6H13OP. The van der Waals surface area contributed by atoms with Gasteiger partial charge in [0.2, 0.25) is 0 Å². The van der Waals surface area contributed by atoms with Crippen LogP contribution in [0.1, 0.15) is 19.3 Å².